The molecule has 12 nitrogen and oxygen atoms in total. The molecule has 8 aromatic heterocycles. The molecule has 11 aromatic rings. The number of hydrogen-bond acceptors (Lipinski definition) is 20. The normalized spacial score (nSPS) is 10.8. The maximum atomic E-state index is 12.9. The lowest BCUT2D eigenvalue weighted by molar-refractivity contribution is 0.0586. The number of rotatable bonds is 14. The Morgan fingerprint density at radius 3 is 0.656 bits per heavy atom. The topological polar surface area (TPSA) is 158 Å². The Labute approximate surface area is 554 Å². The third-order valence-electron chi connectivity index (χ3n) is 14.4. The molecular formula is C70H62O12S8. The highest BCUT2D eigenvalue weighted by Crippen LogP contribution is 2.47. The molecule has 0 aliphatic rings. The van der Waals surface area contributed by atoms with Gasteiger partial charge in [-0.1, -0.05) is 0 Å². The van der Waals surface area contributed by atoms with Gasteiger partial charge in [-0.2, -0.15) is 0 Å². The summed E-state index contributed by atoms with van der Waals surface area (Å²) in [7, 11) is 8.21. The van der Waals surface area contributed by atoms with Crippen LogP contribution in [0.3, 0.4) is 0 Å². The van der Waals surface area contributed by atoms with E-state index < -0.39 is 35.8 Å². The van der Waals surface area contributed by atoms with Crippen LogP contribution in [0.2, 0.25) is 0 Å². The van der Waals surface area contributed by atoms with Gasteiger partial charge in [0.05, 0.1) is 76.0 Å². The molecule has 0 bridgehead atoms. The Morgan fingerprint density at radius 1 is 0.244 bits per heavy atom. The maximum Gasteiger partial charge on any atom is 0.338 e. The van der Waals surface area contributed by atoms with Crippen molar-refractivity contribution >= 4 is 127 Å². The molecule has 8 heterocycles. The fraction of sp³-hybridized carbons (Fsp3) is 0.200. The Bertz CT molecular complexity index is 4240. The van der Waals surface area contributed by atoms with Gasteiger partial charge in [0.2, 0.25) is 0 Å². The number of ether oxygens (including phenoxy) is 6. The van der Waals surface area contributed by atoms with Crippen molar-refractivity contribution in [3.05, 3.63) is 195 Å². The van der Waals surface area contributed by atoms with Crippen molar-refractivity contribution in [1.29, 1.82) is 0 Å². The van der Waals surface area contributed by atoms with Crippen LogP contribution in [0, 0.1) is 55.4 Å². The molecule has 0 amide bonds. The monoisotopic (exact) mass is 1350 g/mol. The van der Waals surface area contributed by atoms with Crippen LogP contribution < -0.4 is 0 Å². The second-order valence-electron chi connectivity index (χ2n) is 20.4. The molecule has 462 valence electrons. The lowest BCUT2D eigenvalue weighted by atomic mass is 9.86. The predicted molar refractivity (Wildman–Crippen MR) is 372 cm³/mol. The van der Waals surface area contributed by atoms with Crippen LogP contribution in [-0.4, -0.2) is 78.5 Å². The molecule has 20 heteroatoms. The molecule has 0 aliphatic heterocycles. The molecule has 0 spiro atoms. The first-order chi connectivity index (χ1) is 43.1. The molecule has 0 fully saturated rings. The number of carbonyl (C=O) groups excluding carboxylic acids is 6. The predicted octanol–water partition coefficient (Wildman–Crippen LogP) is 20.1. The van der Waals surface area contributed by atoms with Crippen LogP contribution >= 0.6 is 90.7 Å². The van der Waals surface area contributed by atoms with Gasteiger partial charge in [0.1, 0.15) is 0 Å². The standard InChI is InChI=1S/C28H22O4S4.C22H22O4S2.C20H18O4S2/c1-15-5-7-23(33-15)25-11-9-21(35-25)17-13-20(28(30)32-4)18(14-19(17)27(29)31-3)22-10-12-26(36-22)24-8-6-16(2)34-24;1-11-7-9-15(27-11)17-13(3)20(22(24)26-6)18(16-10-8-12(2)28-16)14(4)19(17)21(23)25-5;1-11-5-7-17(25-11)13-9-16(20(22)24-4)14(10-15(13)19(21)23-3)18-8-6-12(2)26-18/h5-14H,1-4H3;7-10H,1-6H3;5-10H,1-4H3. The highest BCUT2D eigenvalue weighted by atomic mass is 32.1. The highest BCUT2D eigenvalue weighted by Gasteiger charge is 2.31. The Kier molecular flexibility index (Phi) is 21.4. The van der Waals surface area contributed by atoms with E-state index in [0.717, 1.165) is 80.8 Å². The lowest BCUT2D eigenvalue weighted by Gasteiger charge is -2.21. The van der Waals surface area contributed by atoms with E-state index >= 15 is 0 Å². The van der Waals surface area contributed by atoms with Crippen LogP contribution in [0.1, 0.15) is 103 Å². The SMILES string of the molecule is COC(=O)c1c(C)c(-c2ccc(C)s2)c(C(=O)OC)c(C)c1-c1ccc(C)s1.COC(=O)c1cc(-c2ccc(-c3ccc(C)s3)s2)c(C(=O)OC)cc1-c1ccc(-c2ccc(C)s2)s1.COC(=O)c1cc(-c2ccc(C)s2)c(C(=O)OC)cc1-c1ccc(C)s1. The molecule has 90 heavy (non-hydrogen) atoms. The van der Waals surface area contributed by atoms with Crippen molar-refractivity contribution in [2.75, 3.05) is 42.7 Å². The summed E-state index contributed by atoms with van der Waals surface area (Å²) < 4.78 is 30.5. The molecule has 0 unspecified atom stereocenters. The minimum absolute atomic E-state index is 0.410. The van der Waals surface area contributed by atoms with Gasteiger partial charge < -0.3 is 28.4 Å². The number of carbonyl (C=O) groups is 6. The van der Waals surface area contributed by atoms with Crippen LogP contribution in [0.5, 0.6) is 0 Å². The number of thiophene rings is 8. The largest absolute Gasteiger partial charge is 0.465 e. The van der Waals surface area contributed by atoms with Gasteiger partial charge in [0.25, 0.3) is 0 Å². The van der Waals surface area contributed by atoms with Gasteiger partial charge >= 0.3 is 35.8 Å². The maximum absolute atomic E-state index is 12.9. The van der Waals surface area contributed by atoms with Gasteiger partial charge in [0.15, 0.2) is 0 Å². The van der Waals surface area contributed by atoms with Gasteiger partial charge in [-0.15, -0.1) is 90.7 Å². The van der Waals surface area contributed by atoms with Crippen molar-refractivity contribution in [3.8, 4) is 82.2 Å². The number of aryl methyl sites for hydroxylation is 6. The Morgan fingerprint density at radius 2 is 0.433 bits per heavy atom. The Hall–Kier alpha value is -7.92. The minimum Gasteiger partial charge on any atom is -0.465 e. The van der Waals surface area contributed by atoms with Crippen LogP contribution in [0.15, 0.2) is 121 Å². The van der Waals surface area contributed by atoms with Gasteiger partial charge in [-0.25, -0.2) is 28.8 Å². The van der Waals surface area contributed by atoms with E-state index in [2.05, 4.69) is 38.1 Å². The van der Waals surface area contributed by atoms with Crippen LogP contribution in [-0.2, 0) is 28.4 Å². The van der Waals surface area contributed by atoms with E-state index in [9.17, 15) is 28.8 Å². The number of esters is 6. The van der Waals surface area contributed by atoms with Crippen molar-refractivity contribution in [2.45, 2.75) is 55.4 Å². The van der Waals surface area contributed by atoms with E-state index in [0.29, 0.717) is 55.6 Å². The molecule has 3 aromatic carbocycles. The summed E-state index contributed by atoms with van der Waals surface area (Å²) in [5.74, 6) is -2.58. The fourth-order valence-corrected chi connectivity index (χ4v) is 17.9. The molecule has 0 saturated carbocycles. The van der Waals surface area contributed by atoms with Crippen molar-refractivity contribution < 1.29 is 57.2 Å². The van der Waals surface area contributed by atoms with Crippen molar-refractivity contribution in [2.24, 2.45) is 0 Å². The first-order valence-electron chi connectivity index (χ1n) is 27.8. The molecule has 0 radical (unpaired) electrons. The zero-order chi connectivity index (χ0) is 64.8. The number of hydrogen-bond donors (Lipinski definition) is 0. The fourth-order valence-electron chi connectivity index (χ4n) is 10.1. The summed E-state index contributed by atoms with van der Waals surface area (Å²) in [5.41, 5.74) is 8.26. The van der Waals surface area contributed by atoms with Gasteiger partial charge in [-0.05, 0) is 188 Å². The minimum atomic E-state index is -0.449. The molecule has 0 N–H and O–H groups in total. The van der Waals surface area contributed by atoms with E-state index in [1.807, 2.05) is 114 Å². The lowest BCUT2D eigenvalue weighted by Crippen LogP contribution is -2.14. The van der Waals surface area contributed by atoms with E-state index in [-0.39, 0.29) is 0 Å². The summed E-state index contributed by atoms with van der Waals surface area (Å²) in [4.78, 5) is 93.2. The van der Waals surface area contributed by atoms with Crippen molar-refractivity contribution in [1.82, 2.24) is 0 Å². The molecule has 0 aliphatic carbocycles. The average Bonchev–Trinajstić information content (AvgIpc) is 1.15. The highest BCUT2D eigenvalue weighted by molar-refractivity contribution is 7.24. The second kappa shape index (κ2) is 28.9. The zero-order valence-corrected chi connectivity index (χ0v) is 58.2. The number of benzene rings is 3. The summed E-state index contributed by atoms with van der Waals surface area (Å²) in [6.45, 7) is 15.9. The summed E-state index contributed by atoms with van der Waals surface area (Å²) in [6, 6.07) is 39.2. The summed E-state index contributed by atoms with van der Waals surface area (Å²) >= 11 is 12.9. The first kappa shape index (κ1) is 66.5. The summed E-state index contributed by atoms with van der Waals surface area (Å²) in [5, 5.41) is 0. The second-order valence-corrected chi connectivity index (χ2v) is 30.3. The average molecular weight is 1350 g/mol. The van der Waals surface area contributed by atoms with Crippen LogP contribution in [0.25, 0.3) is 82.2 Å². The summed E-state index contributed by atoms with van der Waals surface area (Å²) in [6.07, 6.45) is 0. The van der Waals surface area contributed by atoms with E-state index in [1.165, 1.54) is 62.2 Å². The Balaban J connectivity index is 0.000000163. The van der Waals surface area contributed by atoms with Crippen molar-refractivity contribution in [3.63, 3.8) is 0 Å². The first-order valence-corrected chi connectivity index (χ1v) is 34.3. The molecule has 11 rings (SSSR count). The molecular weight excluding hydrogens is 1290 g/mol. The smallest absolute Gasteiger partial charge is 0.338 e. The van der Waals surface area contributed by atoms with E-state index in [4.69, 9.17) is 28.4 Å². The van der Waals surface area contributed by atoms with E-state index in [1.54, 1.807) is 115 Å². The van der Waals surface area contributed by atoms with Gasteiger partial charge in [0, 0.05) is 111 Å². The zero-order valence-electron chi connectivity index (χ0n) is 51.7. The number of methoxy groups -OCH3 is 6. The quantitative estimate of drug-likeness (QED) is 0.0751. The molecule has 0 saturated heterocycles. The molecule has 0 atom stereocenters. The van der Waals surface area contributed by atoms with Crippen LogP contribution in [0.4, 0.5) is 0 Å². The third-order valence-corrected chi connectivity index (χ3v) is 23.1. The third kappa shape index (κ3) is 14.2. The van der Waals surface area contributed by atoms with Gasteiger partial charge in [-0.3, -0.25) is 0 Å².